The second kappa shape index (κ2) is 5.25. The van der Waals surface area contributed by atoms with Crippen LogP contribution in [0.1, 0.15) is 17.4 Å². The highest BCUT2D eigenvalue weighted by Gasteiger charge is 2.58. The molecular formula is C17H16N6O2. The summed E-state index contributed by atoms with van der Waals surface area (Å²) >= 11 is 0. The molecule has 1 aromatic carbocycles. The molecule has 1 amide bonds. The molecule has 2 aliphatic heterocycles. The molecule has 5 rings (SSSR count). The molecule has 3 aromatic rings. The van der Waals surface area contributed by atoms with Crippen molar-refractivity contribution in [3.05, 3.63) is 54.2 Å². The van der Waals surface area contributed by atoms with Crippen LogP contribution in [-0.4, -0.2) is 50.9 Å². The minimum Gasteiger partial charge on any atom is -0.446 e. The van der Waals surface area contributed by atoms with E-state index in [4.69, 9.17) is 4.74 Å². The lowest BCUT2D eigenvalue weighted by atomic mass is 9.82. The molecule has 2 unspecified atom stereocenters. The third-order valence-corrected chi connectivity index (χ3v) is 5.03. The Morgan fingerprint density at radius 1 is 1.28 bits per heavy atom. The van der Waals surface area contributed by atoms with Gasteiger partial charge in [-0.1, -0.05) is 12.1 Å². The highest BCUT2D eigenvalue weighted by atomic mass is 16.6. The van der Waals surface area contributed by atoms with Gasteiger partial charge in [0.15, 0.2) is 11.4 Å². The monoisotopic (exact) mass is 336 g/mol. The molecule has 4 heterocycles. The van der Waals surface area contributed by atoms with Crippen molar-refractivity contribution in [2.75, 3.05) is 19.7 Å². The zero-order chi connectivity index (χ0) is 16.9. The Morgan fingerprint density at radius 3 is 3.04 bits per heavy atom. The lowest BCUT2D eigenvalue weighted by molar-refractivity contribution is 0.0748. The number of aromatic amines is 1. The van der Waals surface area contributed by atoms with E-state index in [1.54, 1.807) is 29.6 Å². The number of fused-ring (bicyclic) bond motifs is 2. The van der Waals surface area contributed by atoms with Crippen LogP contribution >= 0.6 is 0 Å². The fourth-order valence-electron chi connectivity index (χ4n) is 3.87. The average Bonchev–Trinajstić information content (AvgIpc) is 3.27. The molecule has 8 heteroatoms. The lowest BCUT2D eigenvalue weighted by Crippen LogP contribution is -2.60. The average molecular weight is 336 g/mol. The molecule has 126 valence electrons. The minimum absolute atomic E-state index is 0.178. The van der Waals surface area contributed by atoms with Crippen molar-refractivity contribution in [3.8, 4) is 0 Å². The number of carbonyl (C=O) groups is 1. The van der Waals surface area contributed by atoms with Gasteiger partial charge in [0.2, 0.25) is 0 Å². The zero-order valence-corrected chi connectivity index (χ0v) is 13.3. The Labute approximate surface area is 143 Å². The third-order valence-electron chi connectivity index (χ3n) is 5.03. The van der Waals surface area contributed by atoms with Crippen molar-refractivity contribution < 1.29 is 9.53 Å². The molecule has 2 aromatic heterocycles. The van der Waals surface area contributed by atoms with Crippen molar-refractivity contribution in [3.63, 3.8) is 0 Å². The minimum atomic E-state index is -0.760. The number of amides is 1. The largest absolute Gasteiger partial charge is 0.446 e. The van der Waals surface area contributed by atoms with Crippen molar-refractivity contribution in [2.45, 2.75) is 11.6 Å². The van der Waals surface area contributed by atoms with Gasteiger partial charge in [-0.05, 0) is 17.7 Å². The number of carbonyl (C=O) groups excluding carboxylic acids is 1. The first kappa shape index (κ1) is 14.4. The van der Waals surface area contributed by atoms with Crippen LogP contribution in [0.15, 0.2) is 42.9 Å². The predicted octanol–water partition coefficient (Wildman–Crippen LogP) is 1.34. The van der Waals surface area contributed by atoms with Crippen LogP contribution in [0.4, 0.5) is 4.79 Å². The highest BCUT2D eigenvalue weighted by molar-refractivity contribution is 5.79. The number of hydrogen-bond acceptors (Lipinski definition) is 6. The third kappa shape index (κ3) is 1.97. The van der Waals surface area contributed by atoms with Crippen molar-refractivity contribution in [2.24, 2.45) is 0 Å². The van der Waals surface area contributed by atoms with E-state index in [1.807, 2.05) is 12.1 Å². The fourth-order valence-corrected chi connectivity index (χ4v) is 3.87. The molecule has 25 heavy (non-hydrogen) atoms. The van der Waals surface area contributed by atoms with Gasteiger partial charge in [-0.3, -0.25) is 10.00 Å². The van der Waals surface area contributed by atoms with Crippen LogP contribution in [0.3, 0.4) is 0 Å². The smallest absolute Gasteiger partial charge is 0.410 e. The van der Waals surface area contributed by atoms with Gasteiger partial charge in [0, 0.05) is 30.9 Å². The first-order valence-corrected chi connectivity index (χ1v) is 8.17. The standard InChI is InChI=1S/C17H16N6O2/c24-16-23-7-6-18-14(11-2-3-12-9-21-22-13(12)8-11)17(23,10-25-16)15-19-4-1-5-20-15/h1-5,8-9,14,18H,6-7,10H2,(H,21,22). The van der Waals surface area contributed by atoms with Crippen molar-refractivity contribution in [1.82, 2.24) is 30.4 Å². The number of piperazine rings is 1. The first-order chi connectivity index (χ1) is 12.3. The molecule has 2 N–H and O–H groups in total. The second-order valence-corrected chi connectivity index (χ2v) is 6.31. The molecule has 2 aliphatic rings. The van der Waals surface area contributed by atoms with Crippen LogP contribution in [0.5, 0.6) is 0 Å². The SMILES string of the molecule is O=C1OCC2(c3ncccn3)C(c3ccc4cn[nH]c4c3)NCCN12. The van der Waals surface area contributed by atoms with E-state index in [1.165, 1.54) is 0 Å². The van der Waals surface area contributed by atoms with E-state index in [-0.39, 0.29) is 18.7 Å². The Hall–Kier alpha value is -3.00. The van der Waals surface area contributed by atoms with Crippen molar-refractivity contribution in [1.29, 1.82) is 0 Å². The number of nitrogens with zero attached hydrogens (tertiary/aromatic N) is 4. The molecule has 0 spiro atoms. The Kier molecular flexibility index (Phi) is 3.01. The summed E-state index contributed by atoms with van der Waals surface area (Å²) in [6, 6.07) is 7.71. The summed E-state index contributed by atoms with van der Waals surface area (Å²) in [7, 11) is 0. The maximum absolute atomic E-state index is 12.3. The Bertz CT molecular complexity index is 942. The quantitative estimate of drug-likeness (QED) is 0.733. The maximum atomic E-state index is 12.3. The van der Waals surface area contributed by atoms with Gasteiger partial charge in [-0.15, -0.1) is 0 Å². The van der Waals surface area contributed by atoms with E-state index in [2.05, 4.69) is 31.5 Å². The van der Waals surface area contributed by atoms with Crippen LogP contribution < -0.4 is 5.32 Å². The van der Waals surface area contributed by atoms with E-state index in [0.717, 1.165) is 16.5 Å². The Balaban J connectivity index is 1.69. The molecule has 2 saturated heterocycles. The van der Waals surface area contributed by atoms with E-state index in [0.29, 0.717) is 18.9 Å². The summed E-state index contributed by atoms with van der Waals surface area (Å²) in [5.41, 5.74) is 1.22. The number of hydrogen-bond donors (Lipinski definition) is 2. The van der Waals surface area contributed by atoms with Gasteiger partial charge in [-0.2, -0.15) is 5.10 Å². The molecular weight excluding hydrogens is 320 g/mol. The summed E-state index contributed by atoms with van der Waals surface area (Å²) in [6.45, 7) is 1.45. The van der Waals surface area contributed by atoms with Gasteiger partial charge in [-0.25, -0.2) is 14.8 Å². The Morgan fingerprint density at radius 2 is 2.16 bits per heavy atom. The lowest BCUT2D eigenvalue weighted by Gasteiger charge is -2.44. The molecule has 0 bridgehead atoms. The number of benzene rings is 1. The molecule has 2 atom stereocenters. The highest BCUT2D eigenvalue weighted by Crippen LogP contribution is 2.45. The number of nitrogens with one attached hydrogen (secondary N) is 2. The zero-order valence-electron chi connectivity index (χ0n) is 13.3. The normalized spacial score (nSPS) is 25.8. The van der Waals surface area contributed by atoms with Crippen LogP contribution in [0.2, 0.25) is 0 Å². The van der Waals surface area contributed by atoms with E-state index < -0.39 is 5.54 Å². The number of aromatic nitrogens is 4. The van der Waals surface area contributed by atoms with Crippen LogP contribution in [0.25, 0.3) is 10.9 Å². The molecule has 0 aliphatic carbocycles. The summed E-state index contributed by atoms with van der Waals surface area (Å²) < 4.78 is 5.43. The van der Waals surface area contributed by atoms with Gasteiger partial charge < -0.3 is 10.1 Å². The fraction of sp³-hybridized carbons (Fsp3) is 0.294. The topological polar surface area (TPSA) is 96.0 Å². The van der Waals surface area contributed by atoms with E-state index >= 15 is 0 Å². The molecule has 2 fully saturated rings. The summed E-state index contributed by atoms with van der Waals surface area (Å²) in [5, 5.41) is 11.7. The number of cyclic esters (lactones) is 1. The number of H-pyrrole nitrogens is 1. The predicted molar refractivity (Wildman–Crippen MR) is 88.6 cm³/mol. The van der Waals surface area contributed by atoms with Crippen molar-refractivity contribution >= 4 is 17.0 Å². The van der Waals surface area contributed by atoms with Crippen LogP contribution in [0, 0.1) is 0 Å². The number of ether oxygens (including phenoxy) is 1. The molecule has 0 radical (unpaired) electrons. The van der Waals surface area contributed by atoms with Gasteiger partial charge in [0.05, 0.1) is 17.8 Å². The summed E-state index contributed by atoms with van der Waals surface area (Å²) in [4.78, 5) is 23.0. The summed E-state index contributed by atoms with van der Waals surface area (Å²) in [5.74, 6) is 0.586. The van der Waals surface area contributed by atoms with Gasteiger partial charge in [0.25, 0.3) is 0 Å². The first-order valence-electron chi connectivity index (χ1n) is 8.17. The van der Waals surface area contributed by atoms with Gasteiger partial charge in [0.1, 0.15) is 6.61 Å². The molecule has 0 saturated carbocycles. The van der Waals surface area contributed by atoms with E-state index in [9.17, 15) is 4.79 Å². The number of rotatable bonds is 2. The second-order valence-electron chi connectivity index (χ2n) is 6.31. The van der Waals surface area contributed by atoms with Crippen LogP contribution in [-0.2, 0) is 10.3 Å². The van der Waals surface area contributed by atoms with Gasteiger partial charge >= 0.3 is 6.09 Å². The molecule has 8 nitrogen and oxygen atoms in total. The maximum Gasteiger partial charge on any atom is 0.410 e. The summed E-state index contributed by atoms with van der Waals surface area (Å²) in [6.07, 6.45) is 4.86.